The van der Waals surface area contributed by atoms with Crippen LogP contribution in [0.25, 0.3) is 17.1 Å². The van der Waals surface area contributed by atoms with E-state index in [9.17, 15) is 0 Å². The summed E-state index contributed by atoms with van der Waals surface area (Å²) in [5, 5.41) is 8.72. The van der Waals surface area contributed by atoms with Gasteiger partial charge >= 0.3 is 0 Å². The molecule has 28 heavy (non-hydrogen) atoms. The quantitative estimate of drug-likeness (QED) is 0.579. The fraction of sp³-hybridized carbons (Fsp3) is 0.571. The van der Waals surface area contributed by atoms with E-state index in [0.29, 0.717) is 17.7 Å². The van der Waals surface area contributed by atoms with Crippen LogP contribution in [-0.2, 0) is 4.74 Å². The minimum Gasteiger partial charge on any atom is -0.420 e. The van der Waals surface area contributed by atoms with Crippen molar-refractivity contribution >= 4 is 5.65 Å². The van der Waals surface area contributed by atoms with Crippen LogP contribution < -0.4 is 0 Å². The van der Waals surface area contributed by atoms with E-state index in [4.69, 9.17) is 14.1 Å². The molecular formula is C21H29N5O2. The molecule has 1 fully saturated rings. The summed E-state index contributed by atoms with van der Waals surface area (Å²) in [6.45, 7) is 8.35. The van der Waals surface area contributed by atoms with Crippen molar-refractivity contribution in [2.75, 3.05) is 33.4 Å². The molecule has 4 heterocycles. The number of pyridine rings is 1. The molecule has 1 saturated heterocycles. The van der Waals surface area contributed by atoms with Crippen LogP contribution in [0.4, 0.5) is 0 Å². The summed E-state index contributed by atoms with van der Waals surface area (Å²) in [6, 6.07) is 4.00. The molecule has 0 aromatic carbocycles. The Hall–Kier alpha value is -2.25. The van der Waals surface area contributed by atoms with Crippen molar-refractivity contribution in [3.8, 4) is 11.5 Å². The number of piperidine rings is 1. The minimum absolute atomic E-state index is 0.339. The van der Waals surface area contributed by atoms with Crippen molar-refractivity contribution in [1.82, 2.24) is 24.5 Å². The standard InChI is InChI=1S/C21H29N5O2/c1-15(2)18-14-26-10-4-6-17(19(26)22-18)21-24-23-20(28-21)16-7-11-25(12-8-16)9-5-13-27-3/h4,6,10,14-16H,5,7-9,11-13H2,1-3H3. The number of fused-ring (bicyclic) bond motifs is 1. The highest BCUT2D eigenvalue weighted by Gasteiger charge is 2.25. The normalized spacial score (nSPS) is 16.4. The first-order chi connectivity index (χ1) is 13.7. The van der Waals surface area contributed by atoms with E-state index < -0.39 is 0 Å². The topological polar surface area (TPSA) is 68.7 Å². The average molecular weight is 383 g/mol. The highest BCUT2D eigenvalue weighted by atomic mass is 16.5. The smallest absolute Gasteiger partial charge is 0.251 e. The van der Waals surface area contributed by atoms with Crippen molar-refractivity contribution in [2.24, 2.45) is 0 Å². The van der Waals surface area contributed by atoms with E-state index >= 15 is 0 Å². The lowest BCUT2D eigenvalue weighted by molar-refractivity contribution is 0.154. The molecule has 0 unspecified atom stereocenters. The summed E-state index contributed by atoms with van der Waals surface area (Å²) >= 11 is 0. The third-order valence-corrected chi connectivity index (χ3v) is 5.52. The molecule has 1 aliphatic rings. The van der Waals surface area contributed by atoms with Crippen molar-refractivity contribution in [3.05, 3.63) is 36.1 Å². The predicted molar refractivity (Wildman–Crippen MR) is 107 cm³/mol. The van der Waals surface area contributed by atoms with Gasteiger partial charge in [0.1, 0.15) is 5.65 Å². The summed E-state index contributed by atoms with van der Waals surface area (Å²) in [4.78, 5) is 7.27. The molecule has 150 valence electrons. The number of ether oxygens (including phenoxy) is 1. The van der Waals surface area contributed by atoms with Crippen LogP contribution in [0.5, 0.6) is 0 Å². The molecule has 0 bridgehead atoms. The van der Waals surface area contributed by atoms with Gasteiger partial charge in [-0.1, -0.05) is 13.8 Å². The number of rotatable bonds is 7. The summed E-state index contributed by atoms with van der Waals surface area (Å²) in [7, 11) is 1.76. The first-order valence-electron chi connectivity index (χ1n) is 10.2. The van der Waals surface area contributed by atoms with Gasteiger partial charge in [-0.05, 0) is 50.4 Å². The van der Waals surface area contributed by atoms with Crippen molar-refractivity contribution in [3.63, 3.8) is 0 Å². The lowest BCUT2D eigenvalue weighted by Crippen LogP contribution is -2.34. The predicted octanol–water partition coefficient (Wildman–Crippen LogP) is 3.72. The Bertz CT molecular complexity index is 909. The van der Waals surface area contributed by atoms with E-state index in [0.717, 1.165) is 68.3 Å². The van der Waals surface area contributed by atoms with Crippen molar-refractivity contribution in [1.29, 1.82) is 0 Å². The Kier molecular flexibility index (Phi) is 5.73. The highest BCUT2D eigenvalue weighted by Crippen LogP contribution is 2.31. The molecule has 4 rings (SSSR count). The maximum atomic E-state index is 6.11. The number of methoxy groups -OCH3 is 1. The Labute approximate surface area is 165 Å². The van der Waals surface area contributed by atoms with Gasteiger partial charge in [-0.15, -0.1) is 10.2 Å². The van der Waals surface area contributed by atoms with E-state index in [2.05, 4.69) is 35.1 Å². The highest BCUT2D eigenvalue weighted by molar-refractivity contribution is 5.71. The summed E-state index contributed by atoms with van der Waals surface area (Å²) in [6.07, 6.45) is 7.27. The van der Waals surface area contributed by atoms with Gasteiger partial charge < -0.3 is 18.5 Å². The van der Waals surface area contributed by atoms with E-state index in [-0.39, 0.29) is 0 Å². The molecule has 0 atom stereocenters. The van der Waals surface area contributed by atoms with Gasteiger partial charge in [-0.2, -0.15) is 0 Å². The van der Waals surface area contributed by atoms with Gasteiger partial charge in [0.15, 0.2) is 0 Å². The fourth-order valence-electron chi connectivity index (χ4n) is 3.82. The third-order valence-electron chi connectivity index (χ3n) is 5.52. The van der Waals surface area contributed by atoms with Crippen LogP contribution in [-0.4, -0.2) is 57.8 Å². The molecule has 0 saturated carbocycles. The number of hydrogen-bond donors (Lipinski definition) is 0. The molecule has 1 aliphatic heterocycles. The lowest BCUT2D eigenvalue weighted by atomic mass is 9.97. The Morgan fingerprint density at radius 3 is 2.82 bits per heavy atom. The monoisotopic (exact) mass is 383 g/mol. The zero-order valence-electron chi connectivity index (χ0n) is 17.0. The fourth-order valence-corrected chi connectivity index (χ4v) is 3.82. The summed E-state index contributed by atoms with van der Waals surface area (Å²) in [5.41, 5.74) is 2.83. The van der Waals surface area contributed by atoms with Crippen LogP contribution >= 0.6 is 0 Å². The van der Waals surface area contributed by atoms with Gasteiger partial charge in [0, 0.05) is 38.6 Å². The van der Waals surface area contributed by atoms with E-state index in [1.165, 1.54) is 0 Å². The van der Waals surface area contributed by atoms with Crippen molar-refractivity contribution in [2.45, 2.75) is 44.9 Å². The number of aromatic nitrogens is 4. The molecule has 0 radical (unpaired) electrons. The van der Waals surface area contributed by atoms with Gasteiger partial charge in [0.2, 0.25) is 5.89 Å². The molecule has 7 heteroatoms. The van der Waals surface area contributed by atoms with Gasteiger partial charge in [0.05, 0.1) is 11.3 Å². The Morgan fingerprint density at radius 2 is 2.07 bits per heavy atom. The second-order valence-corrected chi connectivity index (χ2v) is 7.88. The molecule has 3 aromatic heterocycles. The number of nitrogens with zero attached hydrogens (tertiary/aromatic N) is 5. The number of hydrogen-bond acceptors (Lipinski definition) is 6. The van der Waals surface area contributed by atoms with Crippen LogP contribution in [0, 0.1) is 0 Å². The number of imidazole rings is 1. The first kappa shape index (κ1) is 19.1. The zero-order chi connectivity index (χ0) is 19.5. The molecular weight excluding hydrogens is 354 g/mol. The maximum absolute atomic E-state index is 6.11. The molecule has 0 spiro atoms. The van der Waals surface area contributed by atoms with Crippen LogP contribution in [0.2, 0.25) is 0 Å². The molecule has 3 aromatic rings. The van der Waals surface area contributed by atoms with Crippen LogP contribution in [0.3, 0.4) is 0 Å². The molecule has 0 aliphatic carbocycles. The molecule has 0 amide bonds. The van der Waals surface area contributed by atoms with E-state index in [1.807, 2.05) is 22.7 Å². The minimum atomic E-state index is 0.339. The Balaban J connectivity index is 1.47. The van der Waals surface area contributed by atoms with Crippen LogP contribution in [0.1, 0.15) is 56.5 Å². The third kappa shape index (κ3) is 3.95. The average Bonchev–Trinajstić information content (AvgIpc) is 3.36. The van der Waals surface area contributed by atoms with Gasteiger partial charge in [0.25, 0.3) is 5.89 Å². The van der Waals surface area contributed by atoms with Crippen molar-refractivity contribution < 1.29 is 9.15 Å². The zero-order valence-corrected chi connectivity index (χ0v) is 17.0. The van der Waals surface area contributed by atoms with Crippen LogP contribution in [0.15, 0.2) is 28.9 Å². The largest absolute Gasteiger partial charge is 0.420 e. The Morgan fingerprint density at radius 1 is 1.25 bits per heavy atom. The second kappa shape index (κ2) is 8.41. The second-order valence-electron chi connectivity index (χ2n) is 7.88. The van der Waals surface area contributed by atoms with E-state index in [1.54, 1.807) is 7.11 Å². The number of likely N-dealkylation sites (tertiary alicyclic amines) is 1. The lowest BCUT2D eigenvalue weighted by Gasteiger charge is -2.30. The SMILES string of the molecule is COCCCN1CCC(c2nnc(-c3cccn4cc(C(C)C)nc34)o2)CC1. The van der Waals surface area contributed by atoms with Gasteiger partial charge in [-0.25, -0.2) is 4.98 Å². The molecule has 0 N–H and O–H groups in total. The van der Waals surface area contributed by atoms with Gasteiger partial charge in [-0.3, -0.25) is 0 Å². The maximum Gasteiger partial charge on any atom is 0.251 e. The molecule has 7 nitrogen and oxygen atoms in total. The summed E-state index contributed by atoms with van der Waals surface area (Å²) in [5.74, 6) is 2.03. The summed E-state index contributed by atoms with van der Waals surface area (Å²) < 4.78 is 13.3. The first-order valence-corrected chi connectivity index (χ1v) is 10.2.